The van der Waals surface area contributed by atoms with Gasteiger partial charge in [-0.15, -0.1) is 0 Å². The predicted octanol–water partition coefficient (Wildman–Crippen LogP) is 2.32. The first-order valence-corrected chi connectivity index (χ1v) is 6.80. The molecule has 0 saturated carbocycles. The Morgan fingerprint density at radius 2 is 2.26 bits per heavy atom. The zero-order chi connectivity index (χ0) is 14.0. The molecule has 4 nitrogen and oxygen atoms in total. The number of aliphatic carboxylic acids is 1. The molecule has 0 spiro atoms. The molecule has 104 valence electrons. The van der Waals surface area contributed by atoms with Crippen molar-refractivity contribution in [1.29, 1.82) is 0 Å². The second-order valence-corrected chi connectivity index (χ2v) is 5.95. The normalized spacial score (nSPS) is 24.0. The van der Waals surface area contributed by atoms with E-state index in [0.29, 0.717) is 6.54 Å². The van der Waals surface area contributed by atoms with Crippen LogP contribution in [0.3, 0.4) is 0 Å². The van der Waals surface area contributed by atoms with Gasteiger partial charge in [0.15, 0.2) is 0 Å². The van der Waals surface area contributed by atoms with Crippen molar-refractivity contribution < 1.29 is 9.90 Å². The quantitative estimate of drug-likeness (QED) is 0.904. The summed E-state index contributed by atoms with van der Waals surface area (Å²) in [7, 11) is 0. The summed E-state index contributed by atoms with van der Waals surface area (Å²) in [6.45, 7) is 8.30. The molecule has 2 heterocycles. The minimum Gasteiger partial charge on any atom is -0.481 e. The van der Waals surface area contributed by atoms with Crippen molar-refractivity contribution in [3.8, 4) is 0 Å². The maximum atomic E-state index is 11.6. The molecule has 0 radical (unpaired) electrons. The van der Waals surface area contributed by atoms with Crippen LogP contribution >= 0.6 is 0 Å². The van der Waals surface area contributed by atoms with Crippen LogP contribution in [0.2, 0.25) is 0 Å². The largest absolute Gasteiger partial charge is 0.481 e. The van der Waals surface area contributed by atoms with Crippen LogP contribution in [0.15, 0.2) is 18.5 Å². The Labute approximate surface area is 114 Å². The van der Waals surface area contributed by atoms with Gasteiger partial charge in [0.05, 0.1) is 5.41 Å². The molecule has 1 N–H and O–H groups in total. The van der Waals surface area contributed by atoms with Crippen LogP contribution in [0.5, 0.6) is 0 Å². The van der Waals surface area contributed by atoms with E-state index in [-0.39, 0.29) is 5.92 Å². The van der Waals surface area contributed by atoms with E-state index in [1.807, 2.05) is 33.2 Å². The van der Waals surface area contributed by atoms with Gasteiger partial charge >= 0.3 is 5.97 Å². The van der Waals surface area contributed by atoms with Crippen molar-refractivity contribution in [3.05, 3.63) is 29.6 Å². The van der Waals surface area contributed by atoms with E-state index in [2.05, 4.69) is 16.0 Å². The number of likely N-dealkylation sites (tertiary alicyclic amines) is 1. The SMILES string of the molecule is Cc1cncc(CN2CCC(C(=O)O)(C(C)C)C2)c1. The lowest BCUT2D eigenvalue weighted by Gasteiger charge is -2.28. The summed E-state index contributed by atoms with van der Waals surface area (Å²) < 4.78 is 0. The van der Waals surface area contributed by atoms with Gasteiger partial charge in [-0.3, -0.25) is 14.7 Å². The molecule has 2 rings (SSSR count). The molecule has 1 aliphatic heterocycles. The zero-order valence-electron chi connectivity index (χ0n) is 11.9. The molecule has 1 aromatic rings. The summed E-state index contributed by atoms with van der Waals surface area (Å²) >= 11 is 0. The lowest BCUT2D eigenvalue weighted by atomic mass is 9.76. The van der Waals surface area contributed by atoms with Crippen LogP contribution in [0, 0.1) is 18.3 Å². The lowest BCUT2D eigenvalue weighted by Crippen LogP contribution is -2.39. The van der Waals surface area contributed by atoms with Crippen LogP contribution in [0.1, 0.15) is 31.4 Å². The van der Waals surface area contributed by atoms with Crippen molar-refractivity contribution in [2.24, 2.45) is 11.3 Å². The highest BCUT2D eigenvalue weighted by Crippen LogP contribution is 2.38. The van der Waals surface area contributed by atoms with Gasteiger partial charge in [0.1, 0.15) is 0 Å². The van der Waals surface area contributed by atoms with E-state index < -0.39 is 11.4 Å². The number of aryl methyl sites for hydroxylation is 1. The number of nitrogens with zero attached hydrogens (tertiary/aromatic N) is 2. The smallest absolute Gasteiger partial charge is 0.311 e. The summed E-state index contributed by atoms with van der Waals surface area (Å²) in [4.78, 5) is 18.0. The zero-order valence-corrected chi connectivity index (χ0v) is 11.9. The number of carboxylic acids is 1. The van der Waals surface area contributed by atoms with Crippen molar-refractivity contribution in [2.75, 3.05) is 13.1 Å². The van der Waals surface area contributed by atoms with Crippen molar-refractivity contribution in [2.45, 2.75) is 33.7 Å². The molecule has 19 heavy (non-hydrogen) atoms. The van der Waals surface area contributed by atoms with E-state index in [1.165, 1.54) is 0 Å². The number of hydrogen-bond acceptors (Lipinski definition) is 3. The van der Waals surface area contributed by atoms with Gasteiger partial charge in [0.2, 0.25) is 0 Å². The summed E-state index contributed by atoms with van der Waals surface area (Å²) in [5, 5.41) is 9.52. The van der Waals surface area contributed by atoms with E-state index >= 15 is 0 Å². The predicted molar refractivity (Wildman–Crippen MR) is 73.8 cm³/mol. The maximum Gasteiger partial charge on any atom is 0.311 e. The van der Waals surface area contributed by atoms with Gasteiger partial charge < -0.3 is 5.11 Å². The van der Waals surface area contributed by atoms with Gasteiger partial charge in [-0.05, 0) is 36.9 Å². The topological polar surface area (TPSA) is 53.4 Å². The number of aromatic nitrogens is 1. The van der Waals surface area contributed by atoms with E-state index in [9.17, 15) is 9.90 Å². The lowest BCUT2D eigenvalue weighted by molar-refractivity contribution is -0.151. The first-order chi connectivity index (χ1) is 8.94. The summed E-state index contributed by atoms with van der Waals surface area (Å²) in [6.07, 6.45) is 4.44. The fourth-order valence-electron chi connectivity index (χ4n) is 2.90. The molecule has 4 heteroatoms. The van der Waals surface area contributed by atoms with Crippen molar-refractivity contribution in [1.82, 2.24) is 9.88 Å². The molecule has 1 saturated heterocycles. The van der Waals surface area contributed by atoms with Gasteiger partial charge in [-0.2, -0.15) is 0 Å². The highest BCUT2D eigenvalue weighted by Gasteiger charge is 2.46. The van der Waals surface area contributed by atoms with Crippen LogP contribution in [0.25, 0.3) is 0 Å². The Balaban J connectivity index is 2.08. The van der Waals surface area contributed by atoms with Crippen LogP contribution in [0.4, 0.5) is 0 Å². The number of pyridine rings is 1. The molecule has 0 aromatic carbocycles. The Morgan fingerprint density at radius 3 is 2.79 bits per heavy atom. The van der Waals surface area contributed by atoms with E-state index in [4.69, 9.17) is 0 Å². The monoisotopic (exact) mass is 262 g/mol. The van der Waals surface area contributed by atoms with Gasteiger partial charge in [-0.25, -0.2) is 0 Å². The van der Waals surface area contributed by atoms with E-state index in [0.717, 1.165) is 30.6 Å². The third-order valence-corrected chi connectivity index (χ3v) is 4.25. The molecular weight excluding hydrogens is 240 g/mol. The highest BCUT2D eigenvalue weighted by atomic mass is 16.4. The fraction of sp³-hybridized carbons (Fsp3) is 0.600. The first-order valence-electron chi connectivity index (χ1n) is 6.80. The average molecular weight is 262 g/mol. The molecule has 1 fully saturated rings. The minimum absolute atomic E-state index is 0.158. The number of carbonyl (C=O) groups is 1. The second kappa shape index (κ2) is 5.29. The molecule has 1 atom stereocenters. The molecule has 0 aliphatic carbocycles. The molecular formula is C15H22N2O2. The maximum absolute atomic E-state index is 11.6. The third-order valence-electron chi connectivity index (χ3n) is 4.25. The summed E-state index contributed by atoms with van der Waals surface area (Å²) in [5.74, 6) is -0.502. The van der Waals surface area contributed by atoms with Crippen molar-refractivity contribution >= 4 is 5.97 Å². The standard InChI is InChI=1S/C15H22N2O2/c1-11(2)15(14(18)19)4-5-17(10-15)9-13-6-12(3)7-16-8-13/h6-8,11H,4-5,9-10H2,1-3H3,(H,18,19). The summed E-state index contributed by atoms with van der Waals surface area (Å²) in [6, 6.07) is 2.11. The van der Waals surface area contributed by atoms with Crippen LogP contribution < -0.4 is 0 Å². The summed E-state index contributed by atoms with van der Waals surface area (Å²) in [5.41, 5.74) is 1.71. The molecule has 1 aromatic heterocycles. The van der Waals surface area contributed by atoms with Gasteiger partial charge in [0.25, 0.3) is 0 Å². The van der Waals surface area contributed by atoms with Gasteiger partial charge in [0, 0.05) is 25.5 Å². The van der Waals surface area contributed by atoms with Crippen LogP contribution in [-0.4, -0.2) is 34.0 Å². The van der Waals surface area contributed by atoms with Crippen molar-refractivity contribution in [3.63, 3.8) is 0 Å². The fourth-order valence-corrected chi connectivity index (χ4v) is 2.90. The highest BCUT2D eigenvalue weighted by molar-refractivity contribution is 5.75. The number of rotatable bonds is 4. The van der Waals surface area contributed by atoms with Crippen LogP contribution in [-0.2, 0) is 11.3 Å². The molecule has 1 unspecified atom stereocenters. The Bertz CT molecular complexity index is 473. The molecule has 0 bridgehead atoms. The number of hydrogen-bond donors (Lipinski definition) is 1. The Hall–Kier alpha value is -1.42. The Kier molecular flexibility index (Phi) is 3.90. The first kappa shape index (κ1) is 14.0. The third kappa shape index (κ3) is 2.78. The molecule has 1 aliphatic rings. The minimum atomic E-state index is -0.660. The Morgan fingerprint density at radius 1 is 1.53 bits per heavy atom. The number of carboxylic acid groups (broad SMARTS) is 1. The van der Waals surface area contributed by atoms with Gasteiger partial charge in [-0.1, -0.05) is 19.9 Å². The second-order valence-electron chi connectivity index (χ2n) is 5.95. The average Bonchev–Trinajstić information content (AvgIpc) is 2.74. The molecule has 0 amide bonds. The van der Waals surface area contributed by atoms with E-state index in [1.54, 1.807) is 0 Å².